The van der Waals surface area contributed by atoms with Crippen LogP contribution >= 0.6 is 0 Å². The Hall–Kier alpha value is -1.96. The molecule has 0 spiro atoms. The van der Waals surface area contributed by atoms with Crippen LogP contribution in [-0.2, 0) is 0 Å². The molecule has 0 heterocycles. The van der Waals surface area contributed by atoms with Crippen molar-refractivity contribution in [2.45, 2.75) is 13.8 Å². The second kappa shape index (κ2) is 5.21. The minimum atomic E-state index is 0.216. The van der Waals surface area contributed by atoms with Gasteiger partial charge in [-0.05, 0) is 49.3 Å². The van der Waals surface area contributed by atoms with E-state index in [-0.39, 0.29) is 5.75 Å². The van der Waals surface area contributed by atoms with Crippen molar-refractivity contribution in [3.05, 3.63) is 60.4 Å². The van der Waals surface area contributed by atoms with Crippen LogP contribution in [0.25, 0.3) is 0 Å². The van der Waals surface area contributed by atoms with Crippen molar-refractivity contribution in [1.82, 2.24) is 0 Å². The van der Waals surface area contributed by atoms with E-state index in [4.69, 9.17) is 9.84 Å². The minimum absolute atomic E-state index is 0.216. The summed E-state index contributed by atoms with van der Waals surface area (Å²) < 4.78 is 5.68. The molecule has 0 saturated heterocycles. The van der Waals surface area contributed by atoms with Crippen molar-refractivity contribution in [2.24, 2.45) is 0 Å². The lowest BCUT2D eigenvalue weighted by atomic mass is 10.1. The predicted molar refractivity (Wildman–Crippen MR) is 66.4 cm³/mol. The lowest BCUT2D eigenvalue weighted by Gasteiger charge is -2.12. The van der Waals surface area contributed by atoms with E-state index in [0.29, 0.717) is 11.5 Å². The number of benzene rings is 1. The highest BCUT2D eigenvalue weighted by molar-refractivity contribution is 5.37. The molecule has 0 aliphatic rings. The van der Waals surface area contributed by atoms with Gasteiger partial charge in [0, 0.05) is 0 Å². The standard InChI is InChI=1S/C14H16O2/c1-5-11(4)14(10(2)3)16-13-8-6-12(15)7-9-13/h5-9,15H,1-2H2,3-4H3. The molecule has 0 aliphatic heterocycles. The van der Waals surface area contributed by atoms with Gasteiger partial charge in [-0.1, -0.05) is 19.2 Å². The van der Waals surface area contributed by atoms with Gasteiger partial charge < -0.3 is 9.84 Å². The number of allylic oxidation sites excluding steroid dienone is 3. The number of ether oxygens (including phenoxy) is 1. The SMILES string of the molecule is C=CC(C)=C(Oc1ccc(O)cc1)C(=C)C. The minimum Gasteiger partial charge on any atom is -0.508 e. The van der Waals surface area contributed by atoms with E-state index >= 15 is 0 Å². The van der Waals surface area contributed by atoms with Crippen molar-refractivity contribution in [2.75, 3.05) is 0 Å². The molecular formula is C14H16O2. The van der Waals surface area contributed by atoms with E-state index in [2.05, 4.69) is 13.2 Å². The third-order valence-corrected chi connectivity index (χ3v) is 2.11. The van der Waals surface area contributed by atoms with E-state index in [0.717, 1.165) is 11.1 Å². The van der Waals surface area contributed by atoms with Crippen molar-refractivity contribution >= 4 is 0 Å². The van der Waals surface area contributed by atoms with Gasteiger partial charge in [0.25, 0.3) is 0 Å². The topological polar surface area (TPSA) is 29.5 Å². The van der Waals surface area contributed by atoms with Crippen molar-refractivity contribution in [3.63, 3.8) is 0 Å². The molecule has 2 nitrogen and oxygen atoms in total. The van der Waals surface area contributed by atoms with E-state index in [1.165, 1.54) is 0 Å². The maximum atomic E-state index is 9.15. The summed E-state index contributed by atoms with van der Waals surface area (Å²) in [7, 11) is 0. The van der Waals surface area contributed by atoms with Crippen LogP contribution in [0.3, 0.4) is 0 Å². The number of rotatable bonds is 4. The van der Waals surface area contributed by atoms with Gasteiger partial charge in [-0.2, -0.15) is 0 Å². The first-order valence-corrected chi connectivity index (χ1v) is 5.00. The summed E-state index contributed by atoms with van der Waals surface area (Å²) in [5.41, 5.74) is 1.77. The van der Waals surface area contributed by atoms with Crippen LogP contribution < -0.4 is 4.74 Å². The Morgan fingerprint density at radius 3 is 2.25 bits per heavy atom. The zero-order valence-electron chi connectivity index (χ0n) is 9.66. The Kier molecular flexibility index (Phi) is 3.95. The molecule has 0 amide bonds. The molecule has 0 aromatic heterocycles. The van der Waals surface area contributed by atoms with Gasteiger partial charge in [0.2, 0.25) is 0 Å². The Bertz CT molecular complexity index is 425. The summed E-state index contributed by atoms with van der Waals surface area (Å²) in [4.78, 5) is 0. The highest BCUT2D eigenvalue weighted by Gasteiger charge is 2.04. The molecule has 2 heteroatoms. The number of phenols is 1. The molecular weight excluding hydrogens is 200 g/mol. The largest absolute Gasteiger partial charge is 0.508 e. The smallest absolute Gasteiger partial charge is 0.132 e. The zero-order chi connectivity index (χ0) is 12.1. The van der Waals surface area contributed by atoms with Crippen LogP contribution in [0.4, 0.5) is 0 Å². The van der Waals surface area contributed by atoms with Gasteiger partial charge in [-0.3, -0.25) is 0 Å². The summed E-state index contributed by atoms with van der Waals surface area (Å²) in [6.45, 7) is 11.4. The predicted octanol–water partition coefficient (Wildman–Crippen LogP) is 3.81. The lowest BCUT2D eigenvalue weighted by Crippen LogP contribution is -1.98. The van der Waals surface area contributed by atoms with E-state index in [1.807, 2.05) is 13.8 Å². The molecule has 0 bridgehead atoms. The molecule has 0 atom stereocenters. The highest BCUT2D eigenvalue weighted by atomic mass is 16.5. The number of hydrogen-bond acceptors (Lipinski definition) is 2. The summed E-state index contributed by atoms with van der Waals surface area (Å²) in [6.07, 6.45) is 1.73. The van der Waals surface area contributed by atoms with Gasteiger partial charge >= 0.3 is 0 Å². The fourth-order valence-electron chi connectivity index (χ4n) is 1.23. The highest BCUT2D eigenvalue weighted by Crippen LogP contribution is 2.22. The molecule has 0 fully saturated rings. The first-order valence-electron chi connectivity index (χ1n) is 5.00. The normalized spacial score (nSPS) is 11.6. The average Bonchev–Trinajstić information content (AvgIpc) is 2.27. The van der Waals surface area contributed by atoms with Crippen LogP contribution in [-0.4, -0.2) is 5.11 Å². The van der Waals surface area contributed by atoms with E-state index < -0.39 is 0 Å². The lowest BCUT2D eigenvalue weighted by molar-refractivity contribution is 0.428. The first kappa shape index (κ1) is 12.1. The second-order valence-electron chi connectivity index (χ2n) is 3.59. The van der Waals surface area contributed by atoms with Gasteiger partial charge in [0.15, 0.2) is 0 Å². The van der Waals surface area contributed by atoms with Gasteiger partial charge in [0.05, 0.1) is 0 Å². The molecule has 1 N–H and O–H groups in total. The first-order chi connectivity index (χ1) is 7.54. The van der Waals surface area contributed by atoms with Gasteiger partial charge in [0.1, 0.15) is 17.3 Å². The molecule has 0 unspecified atom stereocenters. The Balaban J connectivity index is 2.97. The van der Waals surface area contributed by atoms with Crippen LogP contribution in [0, 0.1) is 0 Å². The quantitative estimate of drug-likeness (QED) is 0.612. The van der Waals surface area contributed by atoms with Gasteiger partial charge in [-0.15, -0.1) is 0 Å². The number of phenolic OH excluding ortho intramolecular Hbond substituents is 1. The van der Waals surface area contributed by atoms with Gasteiger partial charge in [-0.25, -0.2) is 0 Å². The molecule has 1 rings (SSSR count). The van der Waals surface area contributed by atoms with Crippen LogP contribution in [0.2, 0.25) is 0 Å². The summed E-state index contributed by atoms with van der Waals surface area (Å²) >= 11 is 0. The molecule has 0 aliphatic carbocycles. The summed E-state index contributed by atoms with van der Waals surface area (Å²) in [5.74, 6) is 1.59. The Labute approximate surface area is 96.2 Å². The van der Waals surface area contributed by atoms with Crippen LogP contribution in [0.15, 0.2) is 60.4 Å². The summed E-state index contributed by atoms with van der Waals surface area (Å²) in [5, 5.41) is 9.15. The van der Waals surface area contributed by atoms with Crippen LogP contribution in [0.5, 0.6) is 11.5 Å². The third-order valence-electron chi connectivity index (χ3n) is 2.11. The molecule has 0 radical (unpaired) electrons. The number of aromatic hydroxyl groups is 1. The van der Waals surface area contributed by atoms with Crippen molar-refractivity contribution in [3.8, 4) is 11.5 Å². The average molecular weight is 216 g/mol. The Morgan fingerprint density at radius 2 is 1.81 bits per heavy atom. The monoisotopic (exact) mass is 216 g/mol. The maximum Gasteiger partial charge on any atom is 0.132 e. The molecule has 1 aromatic rings. The van der Waals surface area contributed by atoms with E-state index in [1.54, 1.807) is 30.3 Å². The Morgan fingerprint density at radius 1 is 1.25 bits per heavy atom. The summed E-state index contributed by atoms with van der Waals surface area (Å²) in [6, 6.07) is 6.56. The molecule has 0 saturated carbocycles. The fourth-order valence-corrected chi connectivity index (χ4v) is 1.23. The van der Waals surface area contributed by atoms with Crippen molar-refractivity contribution < 1.29 is 9.84 Å². The van der Waals surface area contributed by atoms with Crippen molar-refractivity contribution in [1.29, 1.82) is 0 Å². The molecule has 1 aromatic carbocycles. The molecule has 84 valence electrons. The second-order valence-corrected chi connectivity index (χ2v) is 3.59. The van der Waals surface area contributed by atoms with Crippen LogP contribution in [0.1, 0.15) is 13.8 Å². The maximum absolute atomic E-state index is 9.15. The zero-order valence-corrected chi connectivity index (χ0v) is 9.66. The third kappa shape index (κ3) is 3.02. The van der Waals surface area contributed by atoms with E-state index in [9.17, 15) is 0 Å². The number of hydrogen-bond donors (Lipinski definition) is 1. The fraction of sp³-hybridized carbons (Fsp3) is 0.143. The molecule has 16 heavy (non-hydrogen) atoms.